The number of hydrogen-bond acceptors (Lipinski definition) is 9. The number of nitrogens with one attached hydrogen (secondary N) is 1. The third kappa shape index (κ3) is 6.43. The minimum absolute atomic E-state index is 0.0420. The lowest BCUT2D eigenvalue weighted by Gasteiger charge is -2.42. The molecule has 2 aliphatic heterocycles. The molecule has 1 amide bonds. The van der Waals surface area contributed by atoms with Crippen molar-refractivity contribution in [2.24, 2.45) is 5.92 Å². The van der Waals surface area contributed by atoms with E-state index in [4.69, 9.17) is 14.7 Å². The van der Waals surface area contributed by atoms with E-state index in [2.05, 4.69) is 20.2 Å². The van der Waals surface area contributed by atoms with Crippen molar-refractivity contribution in [2.45, 2.75) is 62.3 Å². The number of Topliss-reactive ketones (excluding diaryl/α,β-unsaturated/α-hetero) is 1. The highest BCUT2D eigenvalue weighted by molar-refractivity contribution is 7.22. The topological polar surface area (TPSA) is 105 Å². The SMILES string of the molecule is O=C(Cn1nc(C(F)(F)F)c2c1C(F)(F)[C@@H]1C[C@H]21)N[C@@H](Cc1cc(F)cc(F)c1)c1nc2nc(N3CCN(C4COC4)CC3)sc2cc1-c1ccc2c(c1)C(=O)CC2. The van der Waals surface area contributed by atoms with Crippen molar-refractivity contribution < 1.29 is 45.1 Å². The average molecular weight is 826 g/mol. The Balaban J connectivity index is 1.05. The molecule has 5 aromatic rings. The Morgan fingerprint density at radius 1 is 0.983 bits per heavy atom. The van der Waals surface area contributed by atoms with Crippen molar-refractivity contribution in [3.8, 4) is 11.1 Å². The highest BCUT2D eigenvalue weighted by Crippen LogP contribution is 2.68. The first-order chi connectivity index (χ1) is 27.7. The van der Waals surface area contributed by atoms with E-state index >= 15 is 8.78 Å². The Morgan fingerprint density at radius 2 is 1.74 bits per heavy atom. The number of fused-ring (bicyclic) bond motifs is 5. The van der Waals surface area contributed by atoms with Gasteiger partial charge in [-0.05, 0) is 66.1 Å². The second-order valence-corrected chi connectivity index (χ2v) is 16.7. The summed E-state index contributed by atoms with van der Waals surface area (Å²) in [5, 5.41) is 6.95. The molecular formula is C40H34F7N7O3S. The number of anilines is 1. The number of piperazine rings is 1. The van der Waals surface area contributed by atoms with Gasteiger partial charge in [-0.15, -0.1) is 0 Å². The molecular weight excluding hydrogens is 792 g/mol. The lowest BCUT2D eigenvalue weighted by Crippen LogP contribution is -2.56. The van der Waals surface area contributed by atoms with Gasteiger partial charge >= 0.3 is 6.18 Å². The Kier molecular flexibility index (Phi) is 8.73. The van der Waals surface area contributed by atoms with Gasteiger partial charge in [-0.1, -0.05) is 23.5 Å². The van der Waals surface area contributed by atoms with E-state index in [1.165, 1.54) is 11.3 Å². The smallest absolute Gasteiger partial charge is 0.378 e. The lowest BCUT2D eigenvalue weighted by atomic mass is 9.93. The highest BCUT2D eigenvalue weighted by atomic mass is 32.1. The molecule has 10 nitrogen and oxygen atoms in total. The van der Waals surface area contributed by atoms with E-state index in [0.717, 1.165) is 30.8 Å². The molecule has 302 valence electrons. The Morgan fingerprint density at radius 3 is 2.45 bits per heavy atom. The van der Waals surface area contributed by atoms with Gasteiger partial charge in [0, 0.05) is 61.3 Å². The molecule has 2 aromatic carbocycles. The number of thiazole rings is 1. The fourth-order valence-corrected chi connectivity index (χ4v) is 9.96. The number of aromatic nitrogens is 4. The normalized spacial score (nSPS) is 21.8. The quantitative estimate of drug-likeness (QED) is 0.162. The number of aryl methyl sites for hydroxylation is 1. The molecule has 3 fully saturated rings. The minimum atomic E-state index is -5.03. The maximum Gasteiger partial charge on any atom is 0.435 e. The number of halogens is 7. The fraction of sp³-hybridized carbons (Fsp3) is 0.425. The molecule has 5 heterocycles. The Labute approximate surface area is 330 Å². The van der Waals surface area contributed by atoms with E-state index < -0.39 is 71.0 Å². The third-order valence-corrected chi connectivity index (χ3v) is 13.0. The van der Waals surface area contributed by atoms with E-state index in [9.17, 15) is 31.5 Å². The van der Waals surface area contributed by atoms with Gasteiger partial charge in [-0.2, -0.15) is 32.0 Å². The van der Waals surface area contributed by atoms with Crippen LogP contribution >= 0.6 is 11.3 Å². The second kappa shape index (κ2) is 13.6. The molecule has 10 rings (SSSR count). The van der Waals surface area contributed by atoms with Crippen LogP contribution in [-0.4, -0.2) is 81.8 Å². The molecule has 2 saturated heterocycles. The summed E-state index contributed by atoms with van der Waals surface area (Å²) < 4.78 is 109. The second-order valence-electron chi connectivity index (χ2n) is 15.7. The van der Waals surface area contributed by atoms with E-state index in [-0.39, 0.29) is 29.9 Å². The van der Waals surface area contributed by atoms with Crippen LogP contribution in [0.25, 0.3) is 21.5 Å². The van der Waals surface area contributed by atoms with E-state index in [1.54, 1.807) is 6.07 Å². The molecule has 18 heteroatoms. The number of ether oxygens (including phenoxy) is 1. The standard InChI is InChI=1S/C40H34F7N7O3S/c41-22-9-19(10-23(42)13-22)11-29(48-32(56)16-54-36-33(35(51-54)40(45,46)47)27-14-28(27)39(36,43)44)34-26(21-2-1-20-3-4-30(55)25(20)12-21)15-31-37(49-34)50-38(58-31)53-7-5-52(6-8-53)24-17-57-18-24/h1-2,9-10,12-13,15,24,27-29H,3-8,11,14,16-18H2,(H,48,56)/t27-,28+,29-/m0/s1. The molecule has 1 N–H and O–H groups in total. The summed E-state index contributed by atoms with van der Waals surface area (Å²) in [5.74, 6) is -8.72. The Bertz CT molecular complexity index is 2490. The molecule has 58 heavy (non-hydrogen) atoms. The summed E-state index contributed by atoms with van der Waals surface area (Å²) in [7, 11) is 0. The number of rotatable bonds is 9. The summed E-state index contributed by atoms with van der Waals surface area (Å²) in [4.78, 5) is 41.2. The summed E-state index contributed by atoms with van der Waals surface area (Å²) >= 11 is 1.41. The molecule has 1 saturated carbocycles. The van der Waals surface area contributed by atoms with E-state index in [1.807, 2.05) is 18.2 Å². The van der Waals surface area contributed by atoms with Gasteiger partial charge < -0.3 is 15.0 Å². The van der Waals surface area contributed by atoms with Crippen LogP contribution in [0.5, 0.6) is 0 Å². The molecule has 5 aliphatic rings. The number of ketones is 1. The van der Waals surface area contributed by atoms with Crippen molar-refractivity contribution in [1.29, 1.82) is 0 Å². The first-order valence-electron chi connectivity index (χ1n) is 19.1. The largest absolute Gasteiger partial charge is 0.435 e. The fourth-order valence-electron chi connectivity index (χ4n) is 8.96. The molecule has 0 bridgehead atoms. The number of hydrogen-bond donors (Lipinski definition) is 1. The number of nitrogens with zero attached hydrogens (tertiary/aromatic N) is 6. The average Bonchev–Trinajstić information content (AvgIpc) is 3.37. The van der Waals surface area contributed by atoms with Gasteiger partial charge in [0.15, 0.2) is 22.3 Å². The van der Waals surface area contributed by atoms with Crippen LogP contribution < -0.4 is 10.2 Å². The molecule has 0 spiro atoms. The van der Waals surface area contributed by atoms with Crippen LogP contribution in [-0.2, 0) is 41.0 Å². The van der Waals surface area contributed by atoms with Crippen LogP contribution in [0.15, 0.2) is 42.5 Å². The van der Waals surface area contributed by atoms with Crippen molar-refractivity contribution in [3.63, 3.8) is 0 Å². The summed E-state index contributed by atoms with van der Waals surface area (Å²) in [6.45, 7) is 3.46. The summed E-state index contributed by atoms with van der Waals surface area (Å²) in [5.41, 5.74) is 0.0930. The molecule has 0 radical (unpaired) electrons. The summed E-state index contributed by atoms with van der Waals surface area (Å²) in [6, 6.07) is 9.24. The van der Waals surface area contributed by atoms with Crippen LogP contribution in [0.2, 0.25) is 0 Å². The van der Waals surface area contributed by atoms with Crippen LogP contribution in [0, 0.1) is 17.6 Å². The highest BCUT2D eigenvalue weighted by Gasteiger charge is 2.68. The van der Waals surface area contributed by atoms with Crippen molar-refractivity contribution in [2.75, 3.05) is 44.3 Å². The van der Waals surface area contributed by atoms with Gasteiger partial charge in [-0.25, -0.2) is 13.8 Å². The minimum Gasteiger partial charge on any atom is -0.378 e. The zero-order valence-corrected chi connectivity index (χ0v) is 31.4. The Hall–Kier alpha value is -4.94. The van der Waals surface area contributed by atoms with Crippen LogP contribution in [0.1, 0.15) is 68.9 Å². The number of carbonyl (C=O) groups is 2. The first-order valence-corrected chi connectivity index (χ1v) is 19.9. The predicted molar refractivity (Wildman–Crippen MR) is 197 cm³/mol. The number of benzene rings is 2. The van der Waals surface area contributed by atoms with Crippen molar-refractivity contribution in [3.05, 3.63) is 93.4 Å². The molecule has 3 atom stereocenters. The van der Waals surface area contributed by atoms with Gasteiger partial charge in [0.1, 0.15) is 23.9 Å². The zero-order valence-electron chi connectivity index (χ0n) is 30.6. The number of alkyl halides is 5. The van der Waals surface area contributed by atoms with E-state index in [0.29, 0.717) is 88.1 Å². The van der Waals surface area contributed by atoms with Gasteiger partial charge in [0.25, 0.3) is 5.92 Å². The predicted octanol–water partition coefficient (Wildman–Crippen LogP) is 6.81. The zero-order chi connectivity index (χ0) is 40.2. The van der Waals surface area contributed by atoms with Gasteiger partial charge in [0.2, 0.25) is 5.91 Å². The first kappa shape index (κ1) is 37.3. The van der Waals surface area contributed by atoms with Crippen LogP contribution in [0.4, 0.5) is 35.9 Å². The molecule has 3 aromatic heterocycles. The van der Waals surface area contributed by atoms with Crippen molar-refractivity contribution in [1.82, 2.24) is 30.0 Å². The van der Waals surface area contributed by atoms with Crippen LogP contribution in [0.3, 0.4) is 0 Å². The van der Waals surface area contributed by atoms with Crippen molar-refractivity contribution >= 4 is 38.5 Å². The number of amides is 1. The van der Waals surface area contributed by atoms with Gasteiger partial charge in [0.05, 0.1) is 35.7 Å². The molecule has 3 aliphatic carbocycles. The maximum absolute atomic E-state index is 15.4. The summed E-state index contributed by atoms with van der Waals surface area (Å²) in [6.07, 6.45) is -4.47. The monoisotopic (exact) mass is 825 g/mol. The number of carbonyl (C=O) groups excluding carboxylic acids is 2. The number of pyridine rings is 1. The molecule has 0 unspecified atom stereocenters. The van der Waals surface area contributed by atoms with Gasteiger partial charge in [-0.3, -0.25) is 19.2 Å². The lowest BCUT2D eigenvalue weighted by molar-refractivity contribution is -0.142. The maximum atomic E-state index is 15.4. The third-order valence-electron chi connectivity index (χ3n) is 12.0.